The summed E-state index contributed by atoms with van der Waals surface area (Å²) in [5.74, 6) is -0.0830. The van der Waals surface area contributed by atoms with Crippen LogP contribution in [0.3, 0.4) is 0 Å². The van der Waals surface area contributed by atoms with Crippen molar-refractivity contribution in [1.82, 2.24) is 4.90 Å². The molecular formula is C20H22N2O3. The molecule has 2 aromatic carbocycles. The van der Waals surface area contributed by atoms with Crippen molar-refractivity contribution in [3.63, 3.8) is 0 Å². The minimum Gasteiger partial charge on any atom is -0.445 e. The molecule has 5 nitrogen and oxygen atoms in total. The maximum Gasteiger partial charge on any atom is 0.410 e. The summed E-state index contributed by atoms with van der Waals surface area (Å²) in [4.78, 5) is 28.4. The van der Waals surface area contributed by atoms with Crippen molar-refractivity contribution < 1.29 is 14.3 Å². The van der Waals surface area contributed by atoms with Gasteiger partial charge in [-0.2, -0.15) is 0 Å². The van der Waals surface area contributed by atoms with Gasteiger partial charge in [0.15, 0.2) is 0 Å². The molecule has 0 saturated carbocycles. The van der Waals surface area contributed by atoms with Gasteiger partial charge in [0.05, 0.1) is 0 Å². The number of hydrogen-bond acceptors (Lipinski definition) is 3. The SMILES string of the molecule is CN(C(=O)C1CCCN1C(=O)OCc1ccccc1)c1ccccc1. The van der Waals surface area contributed by atoms with Gasteiger partial charge < -0.3 is 9.64 Å². The fourth-order valence-electron chi connectivity index (χ4n) is 3.05. The Morgan fingerprint density at radius 1 is 1.08 bits per heavy atom. The molecule has 1 heterocycles. The summed E-state index contributed by atoms with van der Waals surface area (Å²) in [7, 11) is 1.74. The molecule has 0 N–H and O–H groups in total. The van der Waals surface area contributed by atoms with E-state index in [4.69, 9.17) is 4.74 Å². The molecule has 1 aliphatic heterocycles. The molecule has 2 amide bonds. The number of hydrogen-bond donors (Lipinski definition) is 0. The number of amides is 2. The lowest BCUT2D eigenvalue weighted by Gasteiger charge is -2.27. The molecule has 0 bridgehead atoms. The number of carbonyl (C=O) groups is 2. The summed E-state index contributed by atoms with van der Waals surface area (Å²) in [6, 6.07) is 18.5. The van der Waals surface area contributed by atoms with Crippen LogP contribution in [0.2, 0.25) is 0 Å². The van der Waals surface area contributed by atoms with E-state index in [2.05, 4.69) is 0 Å². The summed E-state index contributed by atoms with van der Waals surface area (Å²) in [5, 5.41) is 0. The zero-order chi connectivity index (χ0) is 17.6. The molecular weight excluding hydrogens is 316 g/mol. The van der Waals surface area contributed by atoms with E-state index in [0.717, 1.165) is 17.7 Å². The molecule has 0 radical (unpaired) electrons. The van der Waals surface area contributed by atoms with Gasteiger partial charge >= 0.3 is 6.09 Å². The summed E-state index contributed by atoms with van der Waals surface area (Å²) < 4.78 is 5.39. The average molecular weight is 338 g/mol. The van der Waals surface area contributed by atoms with E-state index in [0.29, 0.717) is 13.0 Å². The normalized spacial score (nSPS) is 16.5. The minimum absolute atomic E-state index is 0.0830. The van der Waals surface area contributed by atoms with Crippen LogP contribution in [0, 0.1) is 0 Å². The van der Waals surface area contributed by atoms with Gasteiger partial charge in [-0.15, -0.1) is 0 Å². The van der Waals surface area contributed by atoms with E-state index in [-0.39, 0.29) is 12.5 Å². The predicted octanol–water partition coefficient (Wildman–Crippen LogP) is 3.45. The molecule has 1 aliphatic rings. The Bertz CT molecular complexity index is 718. The van der Waals surface area contributed by atoms with Crippen molar-refractivity contribution >= 4 is 17.7 Å². The van der Waals surface area contributed by atoms with Crippen LogP contribution in [0.1, 0.15) is 18.4 Å². The third-order valence-electron chi connectivity index (χ3n) is 4.45. The zero-order valence-corrected chi connectivity index (χ0v) is 14.3. The Morgan fingerprint density at radius 2 is 1.72 bits per heavy atom. The minimum atomic E-state index is -0.464. The highest BCUT2D eigenvalue weighted by atomic mass is 16.6. The van der Waals surface area contributed by atoms with Crippen molar-refractivity contribution in [1.29, 1.82) is 0 Å². The van der Waals surface area contributed by atoms with Gasteiger partial charge in [0.2, 0.25) is 5.91 Å². The maximum atomic E-state index is 12.8. The summed E-state index contributed by atoms with van der Waals surface area (Å²) in [5.41, 5.74) is 1.75. The van der Waals surface area contributed by atoms with Crippen LogP contribution in [-0.4, -0.2) is 36.5 Å². The number of rotatable bonds is 4. The number of ether oxygens (including phenoxy) is 1. The molecule has 0 aromatic heterocycles. The van der Waals surface area contributed by atoms with E-state index in [1.807, 2.05) is 60.7 Å². The first-order chi connectivity index (χ1) is 12.2. The van der Waals surface area contributed by atoms with Crippen molar-refractivity contribution in [2.75, 3.05) is 18.5 Å². The van der Waals surface area contributed by atoms with E-state index in [1.165, 1.54) is 0 Å². The van der Waals surface area contributed by atoms with Gasteiger partial charge in [0.1, 0.15) is 12.6 Å². The Balaban J connectivity index is 1.63. The van der Waals surface area contributed by atoms with E-state index in [9.17, 15) is 9.59 Å². The molecule has 25 heavy (non-hydrogen) atoms. The third-order valence-corrected chi connectivity index (χ3v) is 4.45. The van der Waals surface area contributed by atoms with E-state index in [1.54, 1.807) is 16.8 Å². The second-order valence-electron chi connectivity index (χ2n) is 6.12. The third kappa shape index (κ3) is 3.99. The molecule has 0 aliphatic carbocycles. The van der Waals surface area contributed by atoms with Gasteiger partial charge in [-0.25, -0.2) is 4.79 Å². The monoisotopic (exact) mass is 338 g/mol. The van der Waals surface area contributed by atoms with Crippen LogP contribution in [-0.2, 0) is 16.1 Å². The Kier molecular flexibility index (Phi) is 5.33. The van der Waals surface area contributed by atoms with Crippen LogP contribution < -0.4 is 4.90 Å². The second kappa shape index (κ2) is 7.83. The molecule has 2 aromatic rings. The van der Waals surface area contributed by atoms with Crippen molar-refractivity contribution in [3.05, 3.63) is 66.2 Å². The van der Waals surface area contributed by atoms with Gasteiger partial charge in [-0.1, -0.05) is 48.5 Å². The van der Waals surface area contributed by atoms with E-state index >= 15 is 0 Å². The van der Waals surface area contributed by atoms with Crippen LogP contribution in [0.15, 0.2) is 60.7 Å². The van der Waals surface area contributed by atoms with Gasteiger partial charge in [-0.3, -0.25) is 9.69 Å². The summed E-state index contributed by atoms with van der Waals surface area (Å²) in [6.45, 7) is 0.762. The Morgan fingerprint density at radius 3 is 2.40 bits per heavy atom. The molecule has 3 rings (SSSR count). The summed E-state index contributed by atoms with van der Waals surface area (Å²) >= 11 is 0. The van der Waals surface area contributed by atoms with Crippen LogP contribution in [0.5, 0.6) is 0 Å². The van der Waals surface area contributed by atoms with Crippen molar-refractivity contribution in [2.45, 2.75) is 25.5 Å². The number of likely N-dealkylation sites (N-methyl/N-ethyl adjacent to an activating group) is 1. The highest BCUT2D eigenvalue weighted by molar-refractivity contribution is 5.98. The highest BCUT2D eigenvalue weighted by Gasteiger charge is 2.36. The summed E-state index contributed by atoms with van der Waals surface area (Å²) in [6.07, 6.45) is 1.04. The van der Waals surface area contributed by atoms with Gasteiger partial charge in [0, 0.05) is 19.3 Å². The predicted molar refractivity (Wildman–Crippen MR) is 96.2 cm³/mol. The molecule has 1 fully saturated rings. The Hall–Kier alpha value is -2.82. The lowest BCUT2D eigenvalue weighted by Crippen LogP contribution is -2.46. The first-order valence-electron chi connectivity index (χ1n) is 8.47. The average Bonchev–Trinajstić information content (AvgIpc) is 3.16. The highest BCUT2D eigenvalue weighted by Crippen LogP contribution is 2.23. The second-order valence-corrected chi connectivity index (χ2v) is 6.12. The zero-order valence-electron chi connectivity index (χ0n) is 14.3. The topological polar surface area (TPSA) is 49.9 Å². The molecule has 1 atom stereocenters. The fraction of sp³-hybridized carbons (Fsp3) is 0.300. The van der Waals surface area contributed by atoms with Crippen LogP contribution in [0.25, 0.3) is 0 Å². The smallest absolute Gasteiger partial charge is 0.410 e. The molecule has 1 saturated heterocycles. The lowest BCUT2D eigenvalue weighted by molar-refractivity contribution is -0.122. The number of para-hydroxylation sites is 1. The number of benzene rings is 2. The van der Waals surface area contributed by atoms with Crippen molar-refractivity contribution in [3.8, 4) is 0 Å². The van der Waals surface area contributed by atoms with Crippen molar-refractivity contribution in [2.24, 2.45) is 0 Å². The van der Waals surface area contributed by atoms with Crippen LogP contribution >= 0.6 is 0 Å². The number of carbonyl (C=O) groups excluding carboxylic acids is 2. The maximum absolute atomic E-state index is 12.8. The number of anilines is 1. The quantitative estimate of drug-likeness (QED) is 0.858. The number of likely N-dealkylation sites (tertiary alicyclic amines) is 1. The molecule has 130 valence electrons. The first kappa shape index (κ1) is 17.0. The molecule has 1 unspecified atom stereocenters. The Labute approximate surface area is 147 Å². The first-order valence-corrected chi connectivity index (χ1v) is 8.47. The van der Waals surface area contributed by atoms with Gasteiger partial charge in [-0.05, 0) is 30.5 Å². The molecule has 0 spiro atoms. The lowest BCUT2D eigenvalue weighted by atomic mass is 10.2. The van der Waals surface area contributed by atoms with Crippen LogP contribution in [0.4, 0.5) is 10.5 Å². The van der Waals surface area contributed by atoms with Gasteiger partial charge in [0.25, 0.3) is 0 Å². The number of nitrogens with zero attached hydrogens (tertiary/aromatic N) is 2. The van der Waals surface area contributed by atoms with E-state index < -0.39 is 12.1 Å². The standard InChI is InChI=1S/C20H22N2O3/c1-21(17-11-6-3-7-12-17)19(23)18-13-8-14-22(18)20(24)25-15-16-9-4-2-5-10-16/h2-7,9-12,18H,8,13-15H2,1H3. The largest absolute Gasteiger partial charge is 0.445 e. The fourth-order valence-corrected chi connectivity index (χ4v) is 3.05. The molecule has 5 heteroatoms.